The van der Waals surface area contributed by atoms with Crippen molar-refractivity contribution >= 4 is 0 Å². The van der Waals surface area contributed by atoms with Gasteiger partial charge in [-0.25, -0.2) is 0 Å². The first-order valence-corrected chi connectivity index (χ1v) is 4.37. The molecule has 0 spiro atoms. The highest BCUT2D eigenvalue weighted by atomic mass is 16.5. The molecule has 1 aliphatic heterocycles. The van der Waals surface area contributed by atoms with Crippen molar-refractivity contribution in [3.05, 3.63) is 35.1 Å². The fourth-order valence-corrected chi connectivity index (χ4v) is 1.11. The van der Waals surface area contributed by atoms with E-state index in [4.69, 9.17) is 4.74 Å². The topological polar surface area (TPSA) is 9.23 Å². The molecule has 0 aliphatic carbocycles. The lowest BCUT2D eigenvalue weighted by molar-refractivity contribution is 0.246. The first-order valence-electron chi connectivity index (χ1n) is 4.37. The van der Waals surface area contributed by atoms with Gasteiger partial charge < -0.3 is 4.74 Å². The zero-order valence-electron chi connectivity index (χ0n) is 8.05. The summed E-state index contributed by atoms with van der Waals surface area (Å²) in [6.07, 6.45) is 7.44. The van der Waals surface area contributed by atoms with Gasteiger partial charge in [-0.05, 0) is 26.3 Å². The second-order valence-corrected chi connectivity index (χ2v) is 3.05. The maximum Gasteiger partial charge on any atom is 0.0962 e. The normalized spacial score (nSPS) is 19.1. The molecule has 0 fully saturated rings. The minimum atomic E-state index is 0.848. The number of hydrogen-bond acceptors (Lipinski definition) is 1. The highest BCUT2D eigenvalue weighted by molar-refractivity contribution is 5.29. The maximum absolute atomic E-state index is 5.34. The molecule has 0 N–H and O–H groups in total. The molecule has 1 aliphatic rings. The Bertz CT molecular complexity index is 244. The van der Waals surface area contributed by atoms with Crippen molar-refractivity contribution in [2.75, 3.05) is 6.61 Å². The van der Waals surface area contributed by atoms with Gasteiger partial charge in [0.25, 0.3) is 0 Å². The Labute approximate surface area is 74.4 Å². The Hall–Kier alpha value is -0.980. The van der Waals surface area contributed by atoms with E-state index in [0.717, 1.165) is 18.8 Å². The van der Waals surface area contributed by atoms with Crippen LogP contribution in [0.4, 0.5) is 0 Å². The van der Waals surface area contributed by atoms with Crippen LogP contribution >= 0.6 is 0 Å². The molecule has 0 amide bonds. The lowest BCUT2D eigenvalue weighted by atomic mass is 10.1. The zero-order chi connectivity index (χ0) is 8.97. The molecule has 1 heteroatoms. The molecule has 0 radical (unpaired) electrons. The Morgan fingerprint density at radius 1 is 1.50 bits per heavy atom. The summed E-state index contributed by atoms with van der Waals surface area (Å²) in [6, 6.07) is 0. The molecular formula is C11H16O. The van der Waals surface area contributed by atoms with E-state index in [2.05, 4.69) is 25.2 Å². The summed E-state index contributed by atoms with van der Waals surface area (Å²) in [5.41, 5.74) is 2.62. The smallest absolute Gasteiger partial charge is 0.0962 e. The van der Waals surface area contributed by atoms with Crippen LogP contribution in [0, 0.1) is 0 Å². The highest BCUT2D eigenvalue weighted by Gasteiger charge is 2.07. The van der Waals surface area contributed by atoms with Crippen LogP contribution in [0.15, 0.2) is 35.1 Å². The largest absolute Gasteiger partial charge is 0.498 e. The number of hydrogen-bond donors (Lipinski definition) is 0. The highest BCUT2D eigenvalue weighted by Crippen LogP contribution is 2.19. The van der Waals surface area contributed by atoms with Crippen molar-refractivity contribution in [2.45, 2.75) is 27.2 Å². The van der Waals surface area contributed by atoms with E-state index in [1.54, 1.807) is 0 Å². The van der Waals surface area contributed by atoms with Crippen molar-refractivity contribution in [3.8, 4) is 0 Å². The minimum absolute atomic E-state index is 0.848. The second-order valence-electron chi connectivity index (χ2n) is 3.05. The van der Waals surface area contributed by atoms with E-state index in [1.165, 1.54) is 11.1 Å². The Kier molecular flexibility index (Phi) is 3.15. The molecule has 1 heterocycles. The minimum Gasteiger partial charge on any atom is -0.498 e. The molecule has 0 bridgehead atoms. The number of allylic oxidation sites excluding steroid dienone is 5. The molecule has 0 saturated heterocycles. The van der Waals surface area contributed by atoms with Gasteiger partial charge in [-0.15, -0.1) is 0 Å². The lowest BCUT2D eigenvalue weighted by Crippen LogP contribution is -1.76. The molecule has 0 aromatic heterocycles. The van der Waals surface area contributed by atoms with Gasteiger partial charge in [0.05, 0.1) is 12.4 Å². The third-order valence-corrected chi connectivity index (χ3v) is 2.14. The van der Waals surface area contributed by atoms with Crippen molar-refractivity contribution in [2.24, 2.45) is 0 Å². The second kappa shape index (κ2) is 4.15. The van der Waals surface area contributed by atoms with Crippen LogP contribution < -0.4 is 0 Å². The van der Waals surface area contributed by atoms with Crippen LogP contribution in [0.2, 0.25) is 0 Å². The van der Waals surface area contributed by atoms with E-state index in [1.807, 2.05) is 13.8 Å². The van der Waals surface area contributed by atoms with Crippen molar-refractivity contribution in [1.82, 2.24) is 0 Å². The van der Waals surface area contributed by atoms with Gasteiger partial charge in [-0.3, -0.25) is 0 Å². The predicted molar refractivity (Wildman–Crippen MR) is 51.8 cm³/mol. The van der Waals surface area contributed by atoms with Crippen LogP contribution in [0.3, 0.4) is 0 Å². The van der Waals surface area contributed by atoms with Gasteiger partial charge >= 0.3 is 0 Å². The standard InChI is InChI=1S/C11H16O/c1-4-9(2)5-6-11-7-8-12-10(11)3/h4-6H,7-8H2,1-3H3/b6-5-,9-4-. The molecule has 0 atom stereocenters. The third-order valence-electron chi connectivity index (χ3n) is 2.14. The van der Waals surface area contributed by atoms with E-state index in [0.29, 0.717) is 0 Å². The summed E-state index contributed by atoms with van der Waals surface area (Å²) in [5.74, 6) is 1.08. The molecule has 0 unspecified atom stereocenters. The lowest BCUT2D eigenvalue weighted by Gasteiger charge is -1.94. The van der Waals surface area contributed by atoms with Crippen molar-refractivity contribution in [3.63, 3.8) is 0 Å². The van der Waals surface area contributed by atoms with E-state index in [-0.39, 0.29) is 0 Å². The maximum atomic E-state index is 5.34. The SMILES string of the molecule is C/C=C(C)\C=C/C1=C(C)OCC1. The molecule has 0 aromatic rings. The molecule has 66 valence electrons. The Morgan fingerprint density at radius 2 is 2.25 bits per heavy atom. The van der Waals surface area contributed by atoms with E-state index < -0.39 is 0 Å². The average molecular weight is 164 g/mol. The van der Waals surface area contributed by atoms with Gasteiger partial charge in [0.2, 0.25) is 0 Å². The van der Waals surface area contributed by atoms with E-state index in [9.17, 15) is 0 Å². The summed E-state index contributed by atoms with van der Waals surface area (Å²) < 4.78 is 5.34. The fourth-order valence-electron chi connectivity index (χ4n) is 1.11. The fraction of sp³-hybridized carbons (Fsp3) is 0.455. The van der Waals surface area contributed by atoms with Gasteiger partial charge in [-0.1, -0.05) is 23.8 Å². The predicted octanol–water partition coefficient (Wildman–Crippen LogP) is 3.20. The quantitative estimate of drug-likeness (QED) is 0.569. The number of ether oxygens (including phenoxy) is 1. The van der Waals surface area contributed by atoms with Gasteiger partial charge in [0.1, 0.15) is 0 Å². The Morgan fingerprint density at radius 3 is 2.75 bits per heavy atom. The summed E-state index contributed by atoms with van der Waals surface area (Å²) in [5, 5.41) is 0. The zero-order valence-corrected chi connectivity index (χ0v) is 8.05. The molecular weight excluding hydrogens is 148 g/mol. The summed E-state index contributed by atoms with van der Waals surface area (Å²) in [7, 11) is 0. The summed E-state index contributed by atoms with van der Waals surface area (Å²) in [4.78, 5) is 0. The number of rotatable bonds is 2. The third kappa shape index (κ3) is 2.26. The average Bonchev–Trinajstić information content (AvgIpc) is 2.47. The summed E-state index contributed by atoms with van der Waals surface area (Å²) in [6.45, 7) is 7.02. The first kappa shape index (κ1) is 9.11. The van der Waals surface area contributed by atoms with Crippen LogP contribution in [-0.2, 0) is 4.74 Å². The van der Waals surface area contributed by atoms with Crippen LogP contribution in [0.1, 0.15) is 27.2 Å². The molecule has 0 aromatic carbocycles. The monoisotopic (exact) mass is 164 g/mol. The van der Waals surface area contributed by atoms with Crippen molar-refractivity contribution < 1.29 is 4.74 Å². The van der Waals surface area contributed by atoms with E-state index >= 15 is 0 Å². The molecule has 1 rings (SSSR count). The Balaban J connectivity index is 2.62. The molecule has 12 heavy (non-hydrogen) atoms. The van der Waals surface area contributed by atoms with Gasteiger partial charge in [0, 0.05) is 6.42 Å². The van der Waals surface area contributed by atoms with Gasteiger partial charge in [-0.2, -0.15) is 0 Å². The van der Waals surface area contributed by atoms with Crippen LogP contribution in [-0.4, -0.2) is 6.61 Å². The van der Waals surface area contributed by atoms with Crippen LogP contribution in [0.5, 0.6) is 0 Å². The van der Waals surface area contributed by atoms with Crippen molar-refractivity contribution in [1.29, 1.82) is 0 Å². The summed E-state index contributed by atoms with van der Waals surface area (Å²) >= 11 is 0. The van der Waals surface area contributed by atoms with Crippen LogP contribution in [0.25, 0.3) is 0 Å². The molecule has 0 saturated carbocycles. The van der Waals surface area contributed by atoms with Gasteiger partial charge in [0.15, 0.2) is 0 Å². The first-order chi connectivity index (χ1) is 5.74. The molecule has 1 nitrogen and oxygen atoms in total.